The lowest BCUT2D eigenvalue weighted by atomic mass is 10.2. The first-order chi connectivity index (χ1) is 7.96. The highest BCUT2D eigenvalue weighted by Crippen LogP contribution is 2.18. The summed E-state index contributed by atoms with van der Waals surface area (Å²) in [6.45, 7) is 0.386. The number of halogens is 2. The number of sulfone groups is 1. The molecule has 0 spiro atoms. The van der Waals surface area contributed by atoms with E-state index in [0.717, 1.165) is 0 Å². The van der Waals surface area contributed by atoms with Crippen molar-refractivity contribution in [2.24, 2.45) is 0 Å². The molecule has 1 aromatic carbocycles. The lowest BCUT2D eigenvalue weighted by molar-refractivity contribution is 0.551. The fourth-order valence-corrected chi connectivity index (χ4v) is 3.78. The first-order valence-electron chi connectivity index (χ1n) is 5.34. The van der Waals surface area contributed by atoms with Gasteiger partial charge in [0.2, 0.25) is 0 Å². The van der Waals surface area contributed by atoms with Gasteiger partial charge in [0.25, 0.3) is 0 Å². The third kappa shape index (κ3) is 3.40. The standard InChI is InChI=1S/C11H13ClFNO2S/c12-11-2-1-9(13)5-8(11)6-14-10-3-4-17(15,16)7-10/h1-2,5,10,14H,3-4,6-7H2. The van der Waals surface area contributed by atoms with Crippen LogP contribution in [-0.2, 0) is 16.4 Å². The Hall–Kier alpha value is -0.650. The average Bonchev–Trinajstić information content (AvgIpc) is 2.60. The van der Waals surface area contributed by atoms with Crippen LogP contribution in [0, 0.1) is 5.82 Å². The molecule has 1 fully saturated rings. The molecule has 6 heteroatoms. The maximum absolute atomic E-state index is 13.0. The van der Waals surface area contributed by atoms with Gasteiger partial charge >= 0.3 is 0 Å². The van der Waals surface area contributed by atoms with Gasteiger partial charge in [0.15, 0.2) is 9.84 Å². The first kappa shape index (κ1) is 12.8. The van der Waals surface area contributed by atoms with E-state index >= 15 is 0 Å². The molecule has 2 rings (SSSR count). The lowest BCUT2D eigenvalue weighted by Crippen LogP contribution is -2.29. The van der Waals surface area contributed by atoms with Crippen molar-refractivity contribution < 1.29 is 12.8 Å². The van der Waals surface area contributed by atoms with Gasteiger partial charge in [-0.05, 0) is 30.2 Å². The van der Waals surface area contributed by atoms with E-state index < -0.39 is 9.84 Å². The van der Waals surface area contributed by atoms with Crippen LogP contribution in [-0.4, -0.2) is 26.0 Å². The molecule has 0 bridgehead atoms. The normalized spacial score (nSPS) is 22.8. The smallest absolute Gasteiger partial charge is 0.151 e. The molecule has 94 valence electrons. The molecule has 1 aliphatic heterocycles. The third-order valence-corrected chi connectivity index (χ3v) is 4.96. The zero-order valence-electron chi connectivity index (χ0n) is 9.12. The van der Waals surface area contributed by atoms with Gasteiger partial charge < -0.3 is 5.32 Å². The first-order valence-corrected chi connectivity index (χ1v) is 7.54. The Labute approximate surface area is 105 Å². The van der Waals surface area contributed by atoms with Gasteiger partial charge in [-0.2, -0.15) is 0 Å². The fourth-order valence-electron chi connectivity index (χ4n) is 1.89. The summed E-state index contributed by atoms with van der Waals surface area (Å²) in [5.41, 5.74) is 0.649. The molecular weight excluding hydrogens is 265 g/mol. The SMILES string of the molecule is O=S1(=O)CCC(NCc2cc(F)ccc2Cl)C1. The number of benzene rings is 1. The summed E-state index contributed by atoms with van der Waals surface area (Å²) in [7, 11) is -2.89. The van der Waals surface area contributed by atoms with E-state index in [9.17, 15) is 12.8 Å². The maximum Gasteiger partial charge on any atom is 0.151 e. The van der Waals surface area contributed by atoms with Crippen molar-refractivity contribution in [3.8, 4) is 0 Å². The van der Waals surface area contributed by atoms with Crippen LogP contribution < -0.4 is 5.32 Å². The van der Waals surface area contributed by atoms with Crippen molar-refractivity contribution in [3.05, 3.63) is 34.6 Å². The van der Waals surface area contributed by atoms with Crippen molar-refractivity contribution in [2.45, 2.75) is 19.0 Å². The molecule has 0 radical (unpaired) electrons. The van der Waals surface area contributed by atoms with Gasteiger partial charge in [0.05, 0.1) is 11.5 Å². The van der Waals surface area contributed by atoms with Crippen LogP contribution in [0.15, 0.2) is 18.2 Å². The minimum absolute atomic E-state index is 0.0562. The van der Waals surface area contributed by atoms with Crippen molar-refractivity contribution in [2.75, 3.05) is 11.5 Å². The molecule has 0 saturated carbocycles. The number of hydrogen-bond donors (Lipinski definition) is 1. The summed E-state index contributed by atoms with van der Waals surface area (Å²) in [4.78, 5) is 0. The molecule has 0 amide bonds. The van der Waals surface area contributed by atoms with E-state index in [2.05, 4.69) is 5.32 Å². The van der Waals surface area contributed by atoms with Gasteiger partial charge in [0.1, 0.15) is 5.82 Å². The highest BCUT2D eigenvalue weighted by atomic mass is 35.5. The summed E-state index contributed by atoms with van der Waals surface area (Å²) >= 11 is 5.91. The molecule has 1 N–H and O–H groups in total. The van der Waals surface area contributed by atoms with Crippen LogP contribution >= 0.6 is 11.6 Å². The van der Waals surface area contributed by atoms with Crippen LogP contribution in [0.1, 0.15) is 12.0 Å². The highest BCUT2D eigenvalue weighted by Gasteiger charge is 2.27. The molecule has 17 heavy (non-hydrogen) atoms. The summed E-state index contributed by atoms with van der Waals surface area (Å²) in [6, 6.07) is 4.10. The molecule has 3 nitrogen and oxygen atoms in total. The second-order valence-electron chi connectivity index (χ2n) is 4.22. The molecule has 0 aromatic heterocycles. The topological polar surface area (TPSA) is 46.2 Å². The number of hydrogen-bond acceptors (Lipinski definition) is 3. The Morgan fingerprint density at radius 2 is 2.24 bits per heavy atom. The van der Waals surface area contributed by atoms with Crippen molar-refractivity contribution in [1.82, 2.24) is 5.32 Å². The molecule has 1 unspecified atom stereocenters. The van der Waals surface area contributed by atoms with E-state index in [0.29, 0.717) is 23.6 Å². The molecule has 1 heterocycles. The van der Waals surface area contributed by atoms with E-state index in [-0.39, 0.29) is 23.4 Å². The second kappa shape index (κ2) is 4.92. The quantitative estimate of drug-likeness (QED) is 0.916. The van der Waals surface area contributed by atoms with E-state index in [4.69, 9.17) is 11.6 Å². The summed E-state index contributed by atoms with van der Waals surface area (Å²) in [6.07, 6.45) is 0.606. The van der Waals surface area contributed by atoms with Gasteiger partial charge in [-0.3, -0.25) is 0 Å². The summed E-state index contributed by atoms with van der Waals surface area (Å²) in [5.74, 6) is 0.0341. The predicted molar refractivity (Wildman–Crippen MR) is 65.3 cm³/mol. The summed E-state index contributed by atoms with van der Waals surface area (Å²) < 4.78 is 35.5. The zero-order chi connectivity index (χ0) is 12.5. The largest absolute Gasteiger partial charge is 0.309 e. The van der Waals surface area contributed by atoms with Gasteiger partial charge in [-0.1, -0.05) is 11.6 Å². The predicted octanol–water partition coefficient (Wildman–Crippen LogP) is 1.76. The molecule has 1 saturated heterocycles. The van der Waals surface area contributed by atoms with E-state index in [1.54, 1.807) is 0 Å². The molecule has 1 aliphatic rings. The van der Waals surface area contributed by atoms with E-state index in [1.165, 1.54) is 18.2 Å². The van der Waals surface area contributed by atoms with Crippen molar-refractivity contribution >= 4 is 21.4 Å². The monoisotopic (exact) mass is 277 g/mol. The van der Waals surface area contributed by atoms with E-state index in [1.807, 2.05) is 0 Å². The maximum atomic E-state index is 13.0. The average molecular weight is 278 g/mol. The Bertz CT molecular complexity index is 518. The third-order valence-electron chi connectivity index (χ3n) is 2.82. The van der Waals surface area contributed by atoms with Crippen molar-refractivity contribution in [1.29, 1.82) is 0 Å². The minimum atomic E-state index is -2.89. The highest BCUT2D eigenvalue weighted by molar-refractivity contribution is 7.91. The molecule has 1 atom stereocenters. The van der Waals surface area contributed by atoms with Gasteiger partial charge in [0, 0.05) is 17.6 Å². The van der Waals surface area contributed by atoms with Crippen LogP contribution in [0.25, 0.3) is 0 Å². The van der Waals surface area contributed by atoms with Crippen LogP contribution in [0.2, 0.25) is 5.02 Å². The van der Waals surface area contributed by atoms with Crippen molar-refractivity contribution in [3.63, 3.8) is 0 Å². The van der Waals surface area contributed by atoms with Crippen LogP contribution in [0.3, 0.4) is 0 Å². The van der Waals surface area contributed by atoms with Crippen LogP contribution in [0.5, 0.6) is 0 Å². The molecular formula is C11H13ClFNO2S. The Morgan fingerprint density at radius 1 is 1.47 bits per heavy atom. The Morgan fingerprint density at radius 3 is 2.88 bits per heavy atom. The second-order valence-corrected chi connectivity index (χ2v) is 6.85. The Kier molecular flexibility index (Phi) is 3.70. The number of nitrogens with one attached hydrogen (secondary N) is 1. The Balaban J connectivity index is 1.97. The zero-order valence-corrected chi connectivity index (χ0v) is 10.7. The minimum Gasteiger partial charge on any atom is -0.309 e. The molecule has 1 aromatic rings. The van der Waals surface area contributed by atoms with Gasteiger partial charge in [-0.25, -0.2) is 12.8 Å². The fraction of sp³-hybridized carbons (Fsp3) is 0.455. The molecule has 0 aliphatic carbocycles. The summed E-state index contributed by atoms with van der Waals surface area (Å²) in [5, 5.41) is 3.58. The van der Waals surface area contributed by atoms with Gasteiger partial charge in [-0.15, -0.1) is 0 Å². The number of rotatable bonds is 3. The van der Waals surface area contributed by atoms with Crippen LogP contribution in [0.4, 0.5) is 4.39 Å². The lowest BCUT2D eigenvalue weighted by Gasteiger charge is -2.11.